The number of rotatable bonds is 5. The number of halogens is 1. The fraction of sp³-hybridized carbons (Fsp3) is 0.118. The van der Waals surface area contributed by atoms with E-state index < -0.39 is 0 Å². The van der Waals surface area contributed by atoms with Crippen LogP contribution in [0.4, 0.5) is 5.69 Å². The molecule has 0 aliphatic heterocycles. The molecule has 1 aromatic carbocycles. The normalized spacial score (nSPS) is 10.6. The molecule has 0 unspecified atom stereocenters. The van der Waals surface area contributed by atoms with Crippen molar-refractivity contribution in [3.63, 3.8) is 0 Å². The molecule has 2 heterocycles. The molecule has 0 saturated heterocycles. The maximum atomic E-state index is 12.3. The van der Waals surface area contributed by atoms with Crippen LogP contribution in [0, 0.1) is 0 Å². The van der Waals surface area contributed by atoms with E-state index in [0.29, 0.717) is 16.4 Å². The second-order valence-corrected chi connectivity index (χ2v) is 6.62. The van der Waals surface area contributed by atoms with Gasteiger partial charge in [-0.1, -0.05) is 24.6 Å². The third-order valence-corrected chi connectivity index (χ3v) is 4.24. The molecule has 3 rings (SSSR count). The van der Waals surface area contributed by atoms with Crippen LogP contribution in [-0.4, -0.2) is 26.4 Å². The van der Waals surface area contributed by atoms with Gasteiger partial charge in [0.05, 0.1) is 22.6 Å². The van der Waals surface area contributed by atoms with Crippen LogP contribution >= 0.6 is 23.4 Å². The predicted molar refractivity (Wildman–Crippen MR) is 97.2 cm³/mol. The zero-order valence-electron chi connectivity index (χ0n) is 12.9. The van der Waals surface area contributed by atoms with Gasteiger partial charge in [0.2, 0.25) is 0 Å². The van der Waals surface area contributed by atoms with Gasteiger partial charge in [-0.2, -0.15) is 5.10 Å². The van der Waals surface area contributed by atoms with Crippen molar-refractivity contribution in [3.05, 3.63) is 65.6 Å². The Hall–Kier alpha value is -2.31. The van der Waals surface area contributed by atoms with Crippen LogP contribution in [0.5, 0.6) is 0 Å². The highest BCUT2D eigenvalue weighted by Crippen LogP contribution is 2.17. The molecule has 0 radical (unpaired) electrons. The molecule has 1 N–H and O–H groups in total. The largest absolute Gasteiger partial charge is 0.319 e. The molecule has 0 aliphatic carbocycles. The first-order valence-electron chi connectivity index (χ1n) is 7.37. The summed E-state index contributed by atoms with van der Waals surface area (Å²) >= 11 is 7.63. The van der Waals surface area contributed by atoms with Crippen molar-refractivity contribution in [2.45, 2.75) is 11.9 Å². The number of thioether (sulfide) groups is 1. The van der Waals surface area contributed by atoms with Crippen LogP contribution in [0.15, 0.2) is 59.9 Å². The molecule has 0 aliphatic rings. The van der Waals surface area contributed by atoms with Gasteiger partial charge >= 0.3 is 0 Å². The number of aromatic nitrogens is 3. The highest BCUT2D eigenvalue weighted by atomic mass is 35.5. The minimum atomic E-state index is -0.284. The van der Waals surface area contributed by atoms with Crippen molar-refractivity contribution in [3.8, 4) is 5.69 Å². The van der Waals surface area contributed by atoms with Crippen LogP contribution in [0.1, 0.15) is 17.4 Å². The predicted octanol–water partition coefficient (Wildman–Crippen LogP) is 4.29. The van der Waals surface area contributed by atoms with Crippen LogP contribution in [0.2, 0.25) is 5.02 Å². The van der Waals surface area contributed by atoms with E-state index in [1.807, 2.05) is 24.3 Å². The van der Waals surface area contributed by atoms with Gasteiger partial charge in [-0.15, -0.1) is 11.8 Å². The molecule has 7 heteroatoms. The number of carbonyl (C=O) groups is 1. The lowest BCUT2D eigenvalue weighted by Gasteiger charge is -2.04. The lowest BCUT2D eigenvalue weighted by Crippen LogP contribution is -2.13. The minimum absolute atomic E-state index is 0.284. The average molecular weight is 359 g/mol. The number of hydrogen-bond donors (Lipinski definition) is 1. The third kappa shape index (κ3) is 3.96. The van der Waals surface area contributed by atoms with E-state index in [0.717, 1.165) is 16.5 Å². The molecule has 1 amide bonds. The van der Waals surface area contributed by atoms with Gasteiger partial charge in [-0.25, -0.2) is 9.67 Å². The van der Waals surface area contributed by atoms with Gasteiger partial charge in [0.1, 0.15) is 0 Å². The standard InChI is InChI=1S/C17H15ClN4OS/c1-2-24-16-7-6-13(11-19-16)20-17(23)15-8-9-22(21-15)14-5-3-4-12(18)10-14/h3-11H,2H2,1H3,(H,20,23). The number of amides is 1. The van der Waals surface area contributed by atoms with E-state index in [-0.39, 0.29) is 5.91 Å². The Bertz CT molecular complexity index is 848. The topological polar surface area (TPSA) is 59.8 Å². The maximum Gasteiger partial charge on any atom is 0.276 e. The fourth-order valence-corrected chi connectivity index (χ4v) is 2.86. The summed E-state index contributed by atoms with van der Waals surface area (Å²) in [6.45, 7) is 2.07. The molecule has 5 nitrogen and oxygen atoms in total. The molecule has 0 bridgehead atoms. The second-order valence-electron chi connectivity index (χ2n) is 4.90. The molecular formula is C17H15ClN4OS. The van der Waals surface area contributed by atoms with E-state index in [1.54, 1.807) is 47.0 Å². The van der Waals surface area contributed by atoms with Crippen molar-refractivity contribution in [2.24, 2.45) is 0 Å². The summed E-state index contributed by atoms with van der Waals surface area (Å²) < 4.78 is 1.61. The average Bonchev–Trinajstić information content (AvgIpc) is 3.07. The van der Waals surface area contributed by atoms with Gasteiger partial charge in [-0.05, 0) is 42.2 Å². The van der Waals surface area contributed by atoms with E-state index in [9.17, 15) is 4.79 Å². The molecule has 0 atom stereocenters. The highest BCUT2D eigenvalue weighted by molar-refractivity contribution is 7.99. The molecule has 3 aromatic rings. The first-order chi connectivity index (χ1) is 11.7. The number of pyridine rings is 1. The monoisotopic (exact) mass is 358 g/mol. The number of nitrogens with zero attached hydrogens (tertiary/aromatic N) is 3. The third-order valence-electron chi connectivity index (χ3n) is 3.18. The van der Waals surface area contributed by atoms with Crippen molar-refractivity contribution in [2.75, 3.05) is 11.1 Å². The van der Waals surface area contributed by atoms with Gasteiger partial charge in [0.25, 0.3) is 5.91 Å². The van der Waals surface area contributed by atoms with Gasteiger partial charge in [0, 0.05) is 11.2 Å². The summed E-state index contributed by atoms with van der Waals surface area (Å²) in [5.41, 5.74) is 1.75. The second kappa shape index (κ2) is 7.51. The summed E-state index contributed by atoms with van der Waals surface area (Å²) in [5, 5.41) is 8.62. The zero-order valence-corrected chi connectivity index (χ0v) is 14.5. The summed E-state index contributed by atoms with van der Waals surface area (Å²) in [6, 6.07) is 12.6. The quantitative estimate of drug-likeness (QED) is 0.691. The lowest BCUT2D eigenvalue weighted by molar-refractivity contribution is 0.102. The van der Waals surface area contributed by atoms with Crippen molar-refractivity contribution in [1.82, 2.24) is 14.8 Å². The van der Waals surface area contributed by atoms with Crippen molar-refractivity contribution in [1.29, 1.82) is 0 Å². The Morgan fingerprint density at radius 2 is 2.17 bits per heavy atom. The van der Waals surface area contributed by atoms with E-state index in [2.05, 4.69) is 22.3 Å². The minimum Gasteiger partial charge on any atom is -0.319 e. The van der Waals surface area contributed by atoms with Gasteiger partial charge in [0.15, 0.2) is 5.69 Å². The number of carbonyl (C=O) groups excluding carboxylic acids is 1. The summed E-state index contributed by atoms with van der Waals surface area (Å²) in [6.07, 6.45) is 3.36. The van der Waals surface area contributed by atoms with Crippen LogP contribution < -0.4 is 5.32 Å². The van der Waals surface area contributed by atoms with Gasteiger partial charge in [-0.3, -0.25) is 4.79 Å². The SMILES string of the molecule is CCSc1ccc(NC(=O)c2ccn(-c3cccc(Cl)c3)n2)cn1. The lowest BCUT2D eigenvalue weighted by atomic mass is 10.3. The van der Waals surface area contributed by atoms with Crippen LogP contribution in [0.25, 0.3) is 5.69 Å². The number of anilines is 1. The van der Waals surface area contributed by atoms with Crippen molar-refractivity contribution < 1.29 is 4.79 Å². The van der Waals surface area contributed by atoms with Crippen molar-refractivity contribution >= 4 is 35.0 Å². The first kappa shape index (κ1) is 16.5. The molecule has 24 heavy (non-hydrogen) atoms. The van der Waals surface area contributed by atoms with Gasteiger partial charge < -0.3 is 5.32 Å². The van der Waals surface area contributed by atoms with Crippen LogP contribution in [0.3, 0.4) is 0 Å². The molecule has 0 saturated carbocycles. The Labute approximate surface area is 149 Å². The molecule has 2 aromatic heterocycles. The first-order valence-corrected chi connectivity index (χ1v) is 8.74. The Kier molecular flexibility index (Phi) is 5.17. The molecule has 0 fully saturated rings. The van der Waals surface area contributed by atoms with E-state index in [1.165, 1.54) is 0 Å². The molecule has 0 spiro atoms. The summed E-state index contributed by atoms with van der Waals surface area (Å²) in [7, 11) is 0. The molecular weight excluding hydrogens is 344 g/mol. The molecule has 122 valence electrons. The van der Waals surface area contributed by atoms with E-state index >= 15 is 0 Å². The van der Waals surface area contributed by atoms with Crippen LogP contribution in [-0.2, 0) is 0 Å². The highest BCUT2D eigenvalue weighted by Gasteiger charge is 2.11. The smallest absolute Gasteiger partial charge is 0.276 e. The fourth-order valence-electron chi connectivity index (χ4n) is 2.09. The zero-order chi connectivity index (χ0) is 16.9. The number of benzene rings is 1. The van der Waals surface area contributed by atoms with E-state index in [4.69, 9.17) is 11.6 Å². The number of hydrogen-bond acceptors (Lipinski definition) is 4. The summed E-state index contributed by atoms with van der Waals surface area (Å²) in [4.78, 5) is 16.6. The number of nitrogens with one attached hydrogen (secondary N) is 1. The Morgan fingerprint density at radius 1 is 1.29 bits per heavy atom. The summed E-state index contributed by atoms with van der Waals surface area (Å²) in [5.74, 6) is 0.674. The maximum absolute atomic E-state index is 12.3. The Balaban J connectivity index is 1.71. The Morgan fingerprint density at radius 3 is 2.88 bits per heavy atom.